The van der Waals surface area contributed by atoms with Gasteiger partial charge in [0.1, 0.15) is 10.9 Å². The van der Waals surface area contributed by atoms with Gasteiger partial charge in [-0.25, -0.2) is 4.98 Å². The second kappa shape index (κ2) is 7.92. The van der Waals surface area contributed by atoms with Gasteiger partial charge < -0.3 is 15.2 Å². The number of nitrogens with one attached hydrogen (secondary N) is 2. The van der Waals surface area contributed by atoms with Gasteiger partial charge in [-0.15, -0.1) is 0 Å². The van der Waals surface area contributed by atoms with E-state index in [4.69, 9.17) is 0 Å². The van der Waals surface area contributed by atoms with E-state index in [0.717, 1.165) is 32.2 Å². The number of halogens is 1. The third-order valence-corrected chi connectivity index (χ3v) is 6.80. The van der Waals surface area contributed by atoms with Crippen molar-refractivity contribution in [1.82, 2.24) is 20.2 Å². The van der Waals surface area contributed by atoms with Gasteiger partial charge in [-0.05, 0) is 57.6 Å². The number of carbonyl (C=O) groups is 2. The van der Waals surface area contributed by atoms with Gasteiger partial charge in [0.05, 0.1) is 17.9 Å². The van der Waals surface area contributed by atoms with Gasteiger partial charge in [0, 0.05) is 29.7 Å². The number of nitrogens with zero attached hydrogens (tertiary/aromatic N) is 3. The summed E-state index contributed by atoms with van der Waals surface area (Å²) in [5, 5.41) is 12.6. The van der Waals surface area contributed by atoms with E-state index in [1.165, 1.54) is 0 Å². The van der Waals surface area contributed by atoms with Gasteiger partial charge >= 0.3 is 0 Å². The first kappa shape index (κ1) is 20.5. The predicted octanol–water partition coefficient (Wildman–Crippen LogP) is 3.96. The molecule has 2 amide bonds. The van der Waals surface area contributed by atoms with Crippen molar-refractivity contribution in [2.75, 3.05) is 0 Å². The summed E-state index contributed by atoms with van der Waals surface area (Å²) in [6, 6.07) is 11.8. The number of hydrogen-bond donors (Lipinski definition) is 2. The number of nitriles is 1. The van der Waals surface area contributed by atoms with Crippen LogP contribution in [0.2, 0.25) is 0 Å². The van der Waals surface area contributed by atoms with E-state index in [-0.39, 0.29) is 11.8 Å². The number of aromatic amines is 1. The largest absolute Gasteiger partial charge is 0.348 e. The molecule has 32 heavy (non-hydrogen) atoms. The number of rotatable bonds is 4. The highest BCUT2D eigenvalue weighted by atomic mass is 79.9. The van der Waals surface area contributed by atoms with E-state index in [1.807, 2.05) is 30.4 Å². The average molecular weight is 490 g/mol. The van der Waals surface area contributed by atoms with Crippen LogP contribution in [0.4, 0.5) is 0 Å². The summed E-state index contributed by atoms with van der Waals surface area (Å²) in [6.07, 6.45) is 6.37. The van der Waals surface area contributed by atoms with Gasteiger partial charge in [0.15, 0.2) is 0 Å². The van der Waals surface area contributed by atoms with Crippen LogP contribution in [0.1, 0.15) is 39.9 Å². The summed E-state index contributed by atoms with van der Waals surface area (Å²) < 4.78 is 0.760. The highest BCUT2D eigenvalue weighted by molar-refractivity contribution is 9.10. The van der Waals surface area contributed by atoms with Crippen molar-refractivity contribution in [3.8, 4) is 6.07 Å². The minimum absolute atomic E-state index is 0.101. The van der Waals surface area contributed by atoms with Crippen molar-refractivity contribution >= 4 is 38.8 Å². The van der Waals surface area contributed by atoms with Crippen molar-refractivity contribution in [1.29, 1.82) is 5.26 Å². The molecule has 2 aromatic carbocycles. The Morgan fingerprint density at radius 2 is 1.97 bits per heavy atom. The molecule has 0 unspecified atom stereocenters. The second-order valence-corrected chi connectivity index (χ2v) is 9.13. The highest BCUT2D eigenvalue weighted by Gasteiger charge is 2.43. The molecule has 0 atom stereocenters. The SMILES string of the molecule is N#CC1(C(=O)N2Cc3ccc(CNC(=O)c4cc(Br)c5nc[nH]c5c4)cc3C2)CC=CC1. The molecule has 0 saturated heterocycles. The molecular formula is C24H20BrN5O2. The van der Waals surface area contributed by atoms with Crippen LogP contribution in [0.5, 0.6) is 0 Å². The van der Waals surface area contributed by atoms with Crippen molar-refractivity contribution in [2.24, 2.45) is 5.41 Å². The average Bonchev–Trinajstić information content (AvgIpc) is 3.56. The van der Waals surface area contributed by atoms with Crippen LogP contribution in [0, 0.1) is 16.7 Å². The molecule has 1 aromatic heterocycles. The second-order valence-electron chi connectivity index (χ2n) is 8.28. The zero-order valence-electron chi connectivity index (χ0n) is 17.2. The smallest absolute Gasteiger partial charge is 0.251 e. The zero-order valence-corrected chi connectivity index (χ0v) is 18.8. The van der Waals surface area contributed by atoms with Crippen LogP contribution in [-0.4, -0.2) is 26.7 Å². The molecule has 0 spiro atoms. The van der Waals surface area contributed by atoms with Crippen LogP contribution >= 0.6 is 15.9 Å². The highest BCUT2D eigenvalue weighted by Crippen LogP contribution is 2.37. The fourth-order valence-corrected chi connectivity index (χ4v) is 4.95. The number of amides is 2. The Labute approximate surface area is 193 Å². The molecule has 2 aliphatic rings. The standard InChI is InChI=1S/C24H20BrN5O2/c25-19-8-17(9-20-21(19)29-14-28-20)22(31)27-10-15-3-4-16-11-30(12-18(16)7-15)23(32)24(13-26)5-1-2-6-24/h1-4,7-9,14H,5-6,10-12H2,(H,27,31)(H,28,29). The quantitative estimate of drug-likeness (QED) is 0.541. The van der Waals surface area contributed by atoms with Crippen molar-refractivity contribution in [3.63, 3.8) is 0 Å². The van der Waals surface area contributed by atoms with Gasteiger partial charge in [-0.1, -0.05) is 30.4 Å². The van der Waals surface area contributed by atoms with E-state index in [1.54, 1.807) is 23.4 Å². The van der Waals surface area contributed by atoms with Crippen molar-refractivity contribution < 1.29 is 9.59 Å². The fourth-order valence-electron chi connectivity index (χ4n) is 4.39. The minimum atomic E-state index is -0.955. The van der Waals surface area contributed by atoms with Crippen LogP contribution in [0.25, 0.3) is 11.0 Å². The van der Waals surface area contributed by atoms with Gasteiger partial charge in [0.25, 0.3) is 5.91 Å². The summed E-state index contributed by atoms with van der Waals surface area (Å²) in [7, 11) is 0. The Hall–Kier alpha value is -3.44. The van der Waals surface area contributed by atoms with E-state index < -0.39 is 5.41 Å². The molecule has 3 aromatic rings. The maximum absolute atomic E-state index is 13.0. The van der Waals surface area contributed by atoms with Crippen LogP contribution < -0.4 is 5.32 Å². The maximum atomic E-state index is 13.0. The molecule has 5 rings (SSSR count). The Balaban J connectivity index is 1.26. The number of allylic oxidation sites excluding steroid dienone is 2. The molecule has 0 bridgehead atoms. The number of benzene rings is 2. The Morgan fingerprint density at radius 1 is 1.19 bits per heavy atom. The first-order valence-electron chi connectivity index (χ1n) is 10.4. The molecular weight excluding hydrogens is 470 g/mol. The molecule has 8 heteroatoms. The number of fused-ring (bicyclic) bond motifs is 2. The third-order valence-electron chi connectivity index (χ3n) is 6.20. The molecule has 0 radical (unpaired) electrons. The number of hydrogen-bond acceptors (Lipinski definition) is 4. The first-order valence-corrected chi connectivity index (χ1v) is 11.2. The predicted molar refractivity (Wildman–Crippen MR) is 122 cm³/mol. The molecule has 7 nitrogen and oxygen atoms in total. The summed E-state index contributed by atoms with van der Waals surface area (Å²) in [5.74, 6) is -0.278. The molecule has 0 saturated carbocycles. The van der Waals surface area contributed by atoms with E-state index in [0.29, 0.717) is 38.0 Å². The lowest BCUT2D eigenvalue weighted by Gasteiger charge is -2.26. The summed E-state index contributed by atoms with van der Waals surface area (Å²) in [5.41, 5.74) is 4.27. The number of H-pyrrole nitrogens is 1. The summed E-state index contributed by atoms with van der Waals surface area (Å²) >= 11 is 3.46. The molecule has 0 fully saturated rings. The van der Waals surface area contributed by atoms with Crippen molar-refractivity contribution in [2.45, 2.75) is 32.5 Å². The molecule has 160 valence electrons. The normalized spacial score (nSPS) is 16.2. The fraction of sp³-hybridized carbons (Fsp3) is 0.250. The van der Waals surface area contributed by atoms with E-state index in [2.05, 4.69) is 37.3 Å². The van der Waals surface area contributed by atoms with Gasteiger partial charge in [-0.2, -0.15) is 5.26 Å². The topological polar surface area (TPSA) is 102 Å². The zero-order chi connectivity index (χ0) is 22.3. The number of imidazole rings is 1. The van der Waals surface area contributed by atoms with Gasteiger partial charge in [0.2, 0.25) is 5.91 Å². The minimum Gasteiger partial charge on any atom is -0.348 e. The molecule has 2 N–H and O–H groups in total. The van der Waals surface area contributed by atoms with Crippen LogP contribution in [0.15, 0.2) is 53.3 Å². The first-order chi connectivity index (χ1) is 15.5. The van der Waals surface area contributed by atoms with Crippen LogP contribution in [0.3, 0.4) is 0 Å². The summed E-state index contributed by atoms with van der Waals surface area (Å²) in [4.78, 5) is 34.7. The van der Waals surface area contributed by atoms with E-state index in [9.17, 15) is 14.9 Å². The lowest BCUT2D eigenvalue weighted by atomic mass is 9.85. The Bertz CT molecular complexity index is 1310. The lowest BCUT2D eigenvalue weighted by molar-refractivity contribution is -0.139. The van der Waals surface area contributed by atoms with E-state index >= 15 is 0 Å². The van der Waals surface area contributed by atoms with Gasteiger partial charge in [-0.3, -0.25) is 9.59 Å². The third kappa shape index (κ3) is 3.49. The van der Waals surface area contributed by atoms with Crippen LogP contribution in [-0.2, 0) is 24.4 Å². The molecule has 1 aliphatic heterocycles. The monoisotopic (exact) mass is 489 g/mol. The molecule has 1 aliphatic carbocycles. The number of carbonyl (C=O) groups excluding carboxylic acids is 2. The number of aromatic nitrogens is 2. The Morgan fingerprint density at radius 3 is 2.75 bits per heavy atom. The maximum Gasteiger partial charge on any atom is 0.251 e. The van der Waals surface area contributed by atoms with Crippen molar-refractivity contribution in [3.05, 3.63) is 75.5 Å². The Kier molecular flexibility index (Phi) is 5.06. The molecule has 2 heterocycles. The summed E-state index contributed by atoms with van der Waals surface area (Å²) in [6.45, 7) is 1.38. The lowest BCUT2D eigenvalue weighted by Crippen LogP contribution is -2.39.